The second-order valence-corrected chi connectivity index (χ2v) is 7.68. The van der Waals surface area contributed by atoms with E-state index >= 15 is 0 Å². The zero-order valence-electron chi connectivity index (χ0n) is 16.2. The van der Waals surface area contributed by atoms with Gasteiger partial charge in [-0.15, -0.1) is 0 Å². The summed E-state index contributed by atoms with van der Waals surface area (Å²) in [6.45, 7) is 2.14. The molecule has 2 aromatic heterocycles. The summed E-state index contributed by atoms with van der Waals surface area (Å²) in [4.78, 5) is 19.4. The molecule has 0 amide bonds. The van der Waals surface area contributed by atoms with Crippen molar-refractivity contribution in [1.82, 2.24) is 14.5 Å². The molecule has 1 saturated heterocycles. The van der Waals surface area contributed by atoms with Crippen LogP contribution in [0.5, 0.6) is 5.75 Å². The highest BCUT2D eigenvalue weighted by Crippen LogP contribution is 2.31. The normalized spacial score (nSPS) is 23.9. The van der Waals surface area contributed by atoms with Crippen LogP contribution in [-0.4, -0.2) is 50.2 Å². The minimum absolute atomic E-state index is 0.0266. The number of nitrogens with one attached hydrogen (secondary N) is 1. The van der Waals surface area contributed by atoms with Crippen molar-refractivity contribution < 1.29 is 24.3 Å². The van der Waals surface area contributed by atoms with Crippen LogP contribution in [0.2, 0.25) is 5.02 Å². The number of benzene rings is 1. The number of anilines is 1. The molecule has 5 N–H and O–H groups in total. The van der Waals surface area contributed by atoms with Crippen molar-refractivity contribution in [2.45, 2.75) is 31.9 Å². The highest BCUT2D eigenvalue weighted by molar-refractivity contribution is 6.30. The number of ether oxygens (including phenoxy) is 2. The summed E-state index contributed by atoms with van der Waals surface area (Å²) in [5, 5.41) is 20.4. The number of hydrogen-bond acceptors (Lipinski definition) is 7. The van der Waals surface area contributed by atoms with Crippen LogP contribution in [0, 0.1) is 5.92 Å². The van der Waals surface area contributed by atoms with Crippen LogP contribution in [-0.2, 0) is 11.3 Å². The van der Waals surface area contributed by atoms with E-state index in [0.717, 1.165) is 0 Å². The van der Waals surface area contributed by atoms with Gasteiger partial charge in [0.1, 0.15) is 25.0 Å². The fourth-order valence-corrected chi connectivity index (χ4v) is 3.81. The quantitative estimate of drug-likeness (QED) is 0.405. The van der Waals surface area contributed by atoms with Crippen molar-refractivity contribution in [3.63, 3.8) is 0 Å². The van der Waals surface area contributed by atoms with E-state index in [0.29, 0.717) is 28.5 Å². The van der Waals surface area contributed by atoms with Gasteiger partial charge in [0.15, 0.2) is 12.6 Å². The monoisotopic (exact) mass is 436 g/mol. The Kier molecular flexibility index (Phi) is 5.65. The Morgan fingerprint density at radius 3 is 2.80 bits per heavy atom. The van der Waals surface area contributed by atoms with Crippen molar-refractivity contribution in [1.29, 1.82) is 0 Å². The van der Waals surface area contributed by atoms with Gasteiger partial charge in [0.2, 0.25) is 5.52 Å². The lowest BCUT2D eigenvalue weighted by Crippen LogP contribution is -2.43. The topological polar surface area (TPSA) is 140 Å². The van der Waals surface area contributed by atoms with Gasteiger partial charge in [0.25, 0.3) is 11.5 Å². The van der Waals surface area contributed by atoms with E-state index in [1.807, 2.05) is 0 Å². The molecule has 3 heterocycles. The van der Waals surface area contributed by atoms with Crippen molar-refractivity contribution in [3.05, 3.63) is 46.0 Å². The molecule has 0 radical (unpaired) electrons. The number of nitrogen functional groups attached to an aromatic ring is 1. The molecule has 1 fully saturated rings. The third-order valence-corrected chi connectivity index (χ3v) is 5.49. The summed E-state index contributed by atoms with van der Waals surface area (Å²) >= 11 is 5.88. The molecule has 160 valence electrons. The molecule has 4 rings (SSSR count). The molecule has 0 bridgehead atoms. The number of nitrogens with two attached hydrogens (primary N) is 1. The SMILES string of the molecule is C[C@@H]1[C@H](O)[C@@H](CO)O[C@H]1[n+]1cn(CCOc2ccc(Cl)cc2)c2c(=O)[nH]c(N)nc21. The predicted octanol–water partition coefficient (Wildman–Crippen LogP) is 0.213. The number of H-pyrrole nitrogens is 1. The number of rotatable bonds is 6. The van der Waals surface area contributed by atoms with Crippen LogP contribution in [0.4, 0.5) is 5.95 Å². The first kappa shape index (κ1) is 20.6. The second-order valence-electron chi connectivity index (χ2n) is 7.24. The van der Waals surface area contributed by atoms with Crippen molar-refractivity contribution in [2.24, 2.45) is 5.92 Å². The molecule has 1 aliphatic heterocycles. The van der Waals surface area contributed by atoms with Gasteiger partial charge in [-0.25, -0.2) is 4.57 Å². The lowest BCUT2D eigenvalue weighted by Gasteiger charge is -2.13. The minimum atomic E-state index is -0.849. The van der Waals surface area contributed by atoms with Crippen LogP contribution < -0.4 is 20.6 Å². The zero-order valence-corrected chi connectivity index (χ0v) is 17.0. The van der Waals surface area contributed by atoms with Gasteiger partial charge >= 0.3 is 5.65 Å². The van der Waals surface area contributed by atoms with Gasteiger partial charge < -0.3 is 25.4 Å². The molecule has 1 aliphatic rings. The summed E-state index contributed by atoms with van der Waals surface area (Å²) in [6.07, 6.45) is -0.501. The summed E-state index contributed by atoms with van der Waals surface area (Å²) < 4.78 is 14.9. The first-order valence-corrected chi connectivity index (χ1v) is 9.89. The Morgan fingerprint density at radius 2 is 2.13 bits per heavy atom. The van der Waals surface area contributed by atoms with Crippen LogP contribution >= 0.6 is 11.6 Å². The largest absolute Gasteiger partial charge is 0.490 e. The minimum Gasteiger partial charge on any atom is -0.490 e. The summed E-state index contributed by atoms with van der Waals surface area (Å²) in [7, 11) is 0. The molecule has 0 aliphatic carbocycles. The van der Waals surface area contributed by atoms with E-state index in [4.69, 9.17) is 26.8 Å². The maximum absolute atomic E-state index is 12.6. The van der Waals surface area contributed by atoms with Crippen molar-refractivity contribution in [3.8, 4) is 5.75 Å². The van der Waals surface area contributed by atoms with Gasteiger partial charge in [-0.3, -0.25) is 14.3 Å². The molecular formula is C19H23ClN5O5+. The summed E-state index contributed by atoms with van der Waals surface area (Å²) in [6, 6.07) is 6.98. The van der Waals surface area contributed by atoms with Gasteiger partial charge in [-0.1, -0.05) is 23.5 Å². The molecule has 10 nitrogen and oxygen atoms in total. The maximum atomic E-state index is 12.6. The van der Waals surface area contributed by atoms with Crippen LogP contribution in [0.15, 0.2) is 35.4 Å². The molecule has 0 spiro atoms. The Balaban J connectivity index is 1.65. The number of hydrogen-bond donors (Lipinski definition) is 4. The fraction of sp³-hybridized carbons (Fsp3) is 0.421. The third kappa shape index (κ3) is 3.74. The summed E-state index contributed by atoms with van der Waals surface area (Å²) in [5.74, 6) is 0.293. The van der Waals surface area contributed by atoms with E-state index < -0.39 is 24.0 Å². The van der Waals surface area contributed by atoms with E-state index in [1.54, 1.807) is 46.7 Å². The maximum Gasteiger partial charge on any atom is 0.313 e. The van der Waals surface area contributed by atoms with Gasteiger partial charge in [-0.2, -0.15) is 0 Å². The molecule has 1 aromatic carbocycles. The van der Waals surface area contributed by atoms with Gasteiger partial charge in [-0.05, 0) is 24.3 Å². The lowest BCUT2D eigenvalue weighted by atomic mass is 10.0. The van der Waals surface area contributed by atoms with E-state index in [2.05, 4.69) is 9.97 Å². The Morgan fingerprint density at radius 1 is 1.40 bits per heavy atom. The zero-order chi connectivity index (χ0) is 21.4. The van der Waals surface area contributed by atoms with E-state index in [9.17, 15) is 15.0 Å². The standard InChI is InChI=1S/C19H22ClN5O5/c1-10-15(27)13(8-26)30-18(10)25-9-24(14-16(25)22-19(21)23-17(14)28)6-7-29-12-4-2-11(20)3-5-12/h2-5,9-10,13,15,18,26-27H,6-8H2,1H3,(H2-,21,22,23,28)/p+1/t10-,13-,15+,18-/m1/s1. The molecule has 3 aromatic rings. The highest BCUT2D eigenvalue weighted by Gasteiger charge is 2.45. The average Bonchev–Trinajstić information content (AvgIpc) is 3.21. The number of halogens is 1. The fourth-order valence-electron chi connectivity index (χ4n) is 3.68. The molecular weight excluding hydrogens is 414 g/mol. The molecule has 0 saturated carbocycles. The summed E-state index contributed by atoms with van der Waals surface area (Å²) in [5.41, 5.74) is 5.99. The van der Waals surface area contributed by atoms with E-state index in [1.165, 1.54) is 0 Å². The Bertz CT molecular complexity index is 1100. The van der Waals surface area contributed by atoms with Crippen LogP contribution in [0.3, 0.4) is 0 Å². The number of aromatic amines is 1. The van der Waals surface area contributed by atoms with Crippen LogP contribution in [0.1, 0.15) is 13.2 Å². The second kappa shape index (κ2) is 8.23. The number of imidazole rings is 1. The van der Waals surface area contributed by atoms with Gasteiger partial charge in [0, 0.05) is 10.9 Å². The van der Waals surface area contributed by atoms with E-state index in [-0.39, 0.29) is 25.1 Å². The third-order valence-electron chi connectivity index (χ3n) is 5.24. The lowest BCUT2D eigenvalue weighted by molar-refractivity contribution is -0.745. The molecule has 30 heavy (non-hydrogen) atoms. The number of aliphatic hydroxyl groups is 2. The Labute approximate surface area is 176 Å². The molecule has 11 heteroatoms. The van der Waals surface area contributed by atoms with Crippen molar-refractivity contribution >= 4 is 28.7 Å². The Hall–Kier alpha value is -2.66. The average molecular weight is 437 g/mol. The number of aromatic nitrogens is 4. The first-order valence-electron chi connectivity index (χ1n) is 9.51. The smallest absolute Gasteiger partial charge is 0.313 e. The van der Waals surface area contributed by atoms with Crippen LogP contribution in [0.25, 0.3) is 11.2 Å². The first-order chi connectivity index (χ1) is 14.4. The predicted molar refractivity (Wildman–Crippen MR) is 108 cm³/mol. The molecule has 0 unspecified atom stereocenters. The number of fused-ring (bicyclic) bond motifs is 1. The number of aliphatic hydroxyl groups excluding tert-OH is 2. The number of nitrogens with zero attached hydrogens (tertiary/aromatic N) is 3. The molecule has 4 atom stereocenters. The van der Waals surface area contributed by atoms with Gasteiger partial charge in [0.05, 0.1) is 12.7 Å². The van der Waals surface area contributed by atoms with Crippen molar-refractivity contribution in [2.75, 3.05) is 18.9 Å². The highest BCUT2D eigenvalue weighted by atomic mass is 35.5.